The van der Waals surface area contributed by atoms with Crippen LogP contribution in [-0.4, -0.2) is 30.5 Å². The lowest BCUT2D eigenvalue weighted by Gasteiger charge is -2.27. The highest BCUT2D eigenvalue weighted by molar-refractivity contribution is 6.20. The van der Waals surface area contributed by atoms with Gasteiger partial charge in [0.25, 0.3) is 5.91 Å². The molecule has 1 aromatic heterocycles. The molecule has 0 radical (unpaired) electrons. The van der Waals surface area contributed by atoms with Crippen molar-refractivity contribution in [2.45, 2.75) is 19.9 Å². The van der Waals surface area contributed by atoms with E-state index >= 15 is 0 Å². The number of Topliss-reactive ketones (excluding diaryl/α,β-unsaturated/α-hetero) is 1. The molecule has 0 saturated heterocycles. The minimum Gasteiger partial charge on any atom is -0.503 e. The van der Waals surface area contributed by atoms with Crippen molar-refractivity contribution in [2.24, 2.45) is 5.92 Å². The van der Waals surface area contributed by atoms with Crippen LogP contribution in [0.25, 0.3) is 0 Å². The largest absolute Gasteiger partial charge is 0.503 e. The van der Waals surface area contributed by atoms with E-state index in [0.717, 1.165) is 0 Å². The number of benzene rings is 2. The molecule has 0 spiro atoms. The SMILES string of the molecule is COc1ccc(C2C(C(=O)c3ccco3)=C(O)C(=O)N2c2ccc(OCC(C)C)cc2)cc1. The fourth-order valence-corrected chi connectivity index (χ4v) is 3.71. The molecule has 170 valence electrons. The molecule has 7 nitrogen and oxygen atoms in total. The molecule has 1 amide bonds. The van der Waals surface area contributed by atoms with Gasteiger partial charge < -0.3 is 19.0 Å². The third-order valence-corrected chi connectivity index (χ3v) is 5.33. The van der Waals surface area contributed by atoms with Crippen molar-refractivity contribution >= 4 is 17.4 Å². The summed E-state index contributed by atoms with van der Waals surface area (Å²) < 4.78 is 16.2. The minimum absolute atomic E-state index is 0.0414. The molecule has 0 fully saturated rings. The second-order valence-electron chi connectivity index (χ2n) is 8.12. The van der Waals surface area contributed by atoms with Crippen LogP contribution in [0, 0.1) is 5.92 Å². The number of furan rings is 1. The minimum atomic E-state index is -0.844. The molecule has 0 bridgehead atoms. The molecule has 2 aromatic carbocycles. The maximum Gasteiger partial charge on any atom is 0.294 e. The van der Waals surface area contributed by atoms with Crippen LogP contribution in [0.1, 0.15) is 36.0 Å². The molecule has 1 unspecified atom stereocenters. The van der Waals surface area contributed by atoms with Gasteiger partial charge in [0, 0.05) is 5.69 Å². The topological polar surface area (TPSA) is 89.2 Å². The number of anilines is 1. The van der Waals surface area contributed by atoms with Crippen molar-refractivity contribution in [3.05, 3.63) is 89.6 Å². The van der Waals surface area contributed by atoms with Crippen LogP contribution in [0.4, 0.5) is 5.69 Å². The van der Waals surface area contributed by atoms with Gasteiger partial charge in [0.05, 0.1) is 31.6 Å². The summed E-state index contributed by atoms with van der Waals surface area (Å²) >= 11 is 0. The first-order valence-corrected chi connectivity index (χ1v) is 10.6. The number of aliphatic hydroxyl groups is 1. The number of carbonyl (C=O) groups excluding carboxylic acids is 2. The fraction of sp³-hybridized carbons (Fsp3) is 0.231. The summed E-state index contributed by atoms with van der Waals surface area (Å²) in [5.41, 5.74) is 1.12. The number of ether oxygens (including phenoxy) is 2. The zero-order valence-electron chi connectivity index (χ0n) is 18.6. The Labute approximate surface area is 191 Å². The number of hydrogen-bond donors (Lipinski definition) is 1. The van der Waals surface area contributed by atoms with Crippen LogP contribution in [-0.2, 0) is 4.79 Å². The van der Waals surface area contributed by atoms with E-state index in [-0.39, 0.29) is 11.3 Å². The summed E-state index contributed by atoms with van der Waals surface area (Å²) in [4.78, 5) is 27.8. The average Bonchev–Trinajstić information content (AvgIpc) is 3.45. The smallest absolute Gasteiger partial charge is 0.294 e. The van der Waals surface area contributed by atoms with Crippen molar-refractivity contribution in [1.82, 2.24) is 0 Å². The van der Waals surface area contributed by atoms with Crippen molar-refractivity contribution in [2.75, 3.05) is 18.6 Å². The second kappa shape index (κ2) is 9.24. The van der Waals surface area contributed by atoms with E-state index in [9.17, 15) is 14.7 Å². The summed E-state index contributed by atoms with van der Waals surface area (Å²) in [5, 5.41) is 10.8. The van der Waals surface area contributed by atoms with E-state index in [0.29, 0.717) is 35.3 Å². The lowest BCUT2D eigenvalue weighted by atomic mass is 9.94. The zero-order valence-corrected chi connectivity index (χ0v) is 18.6. The number of rotatable bonds is 8. The predicted octanol–water partition coefficient (Wildman–Crippen LogP) is 5.11. The van der Waals surface area contributed by atoms with Gasteiger partial charge in [0.15, 0.2) is 11.5 Å². The van der Waals surface area contributed by atoms with Crippen LogP contribution in [0.15, 0.2) is 82.7 Å². The molecule has 0 aliphatic carbocycles. The number of amides is 1. The van der Waals surface area contributed by atoms with E-state index in [1.54, 1.807) is 61.7 Å². The van der Waals surface area contributed by atoms with Crippen LogP contribution in [0.5, 0.6) is 11.5 Å². The first kappa shape index (κ1) is 22.2. The average molecular weight is 447 g/mol. The monoisotopic (exact) mass is 447 g/mol. The zero-order chi connectivity index (χ0) is 23.5. The Morgan fingerprint density at radius 2 is 1.73 bits per heavy atom. The molecule has 7 heteroatoms. The van der Waals surface area contributed by atoms with Gasteiger partial charge in [-0.3, -0.25) is 14.5 Å². The van der Waals surface area contributed by atoms with Gasteiger partial charge in [0.2, 0.25) is 5.78 Å². The molecule has 4 rings (SSSR count). The van der Waals surface area contributed by atoms with Gasteiger partial charge in [-0.15, -0.1) is 0 Å². The van der Waals surface area contributed by atoms with E-state index in [2.05, 4.69) is 13.8 Å². The highest BCUT2D eigenvalue weighted by atomic mass is 16.5. The number of methoxy groups -OCH3 is 1. The van der Waals surface area contributed by atoms with Crippen molar-refractivity contribution in [3.8, 4) is 11.5 Å². The van der Waals surface area contributed by atoms with Gasteiger partial charge in [-0.25, -0.2) is 0 Å². The third-order valence-electron chi connectivity index (χ3n) is 5.33. The summed E-state index contributed by atoms with van der Waals surface area (Å²) in [7, 11) is 1.56. The van der Waals surface area contributed by atoms with Gasteiger partial charge in [0.1, 0.15) is 11.5 Å². The van der Waals surface area contributed by atoms with Gasteiger partial charge in [-0.05, 0) is 60.0 Å². The van der Waals surface area contributed by atoms with E-state index < -0.39 is 23.5 Å². The predicted molar refractivity (Wildman–Crippen MR) is 123 cm³/mol. The first-order valence-electron chi connectivity index (χ1n) is 10.6. The van der Waals surface area contributed by atoms with Gasteiger partial charge >= 0.3 is 0 Å². The summed E-state index contributed by atoms with van der Waals surface area (Å²) in [6.45, 7) is 4.69. The maximum atomic E-state index is 13.2. The molecule has 3 aromatic rings. The fourth-order valence-electron chi connectivity index (χ4n) is 3.71. The molecular weight excluding hydrogens is 422 g/mol. The van der Waals surface area contributed by atoms with E-state index in [4.69, 9.17) is 13.9 Å². The Morgan fingerprint density at radius 1 is 1.06 bits per heavy atom. The lowest BCUT2D eigenvalue weighted by Crippen LogP contribution is -2.31. The van der Waals surface area contributed by atoms with Crippen LogP contribution < -0.4 is 14.4 Å². The van der Waals surface area contributed by atoms with Crippen LogP contribution >= 0.6 is 0 Å². The van der Waals surface area contributed by atoms with Gasteiger partial charge in [-0.1, -0.05) is 26.0 Å². The quantitative estimate of drug-likeness (QED) is 0.483. The Hall–Kier alpha value is -4.00. The third kappa shape index (κ3) is 4.35. The molecule has 1 atom stereocenters. The Bertz CT molecular complexity index is 1160. The highest BCUT2D eigenvalue weighted by Gasteiger charge is 2.45. The van der Waals surface area contributed by atoms with Crippen molar-refractivity contribution < 1.29 is 28.6 Å². The summed E-state index contributed by atoms with van der Waals surface area (Å²) in [5.74, 6) is -0.0923. The summed E-state index contributed by atoms with van der Waals surface area (Å²) in [6, 6.07) is 16.2. The van der Waals surface area contributed by atoms with E-state index in [1.807, 2.05) is 0 Å². The number of aliphatic hydroxyl groups excluding tert-OH is 1. The van der Waals surface area contributed by atoms with Crippen molar-refractivity contribution in [1.29, 1.82) is 0 Å². The first-order chi connectivity index (χ1) is 15.9. The lowest BCUT2D eigenvalue weighted by molar-refractivity contribution is -0.117. The number of ketones is 1. The molecule has 1 aliphatic heterocycles. The van der Waals surface area contributed by atoms with E-state index in [1.165, 1.54) is 17.2 Å². The molecule has 33 heavy (non-hydrogen) atoms. The number of hydrogen-bond acceptors (Lipinski definition) is 6. The highest BCUT2D eigenvalue weighted by Crippen LogP contribution is 2.42. The molecular formula is C26H25NO6. The normalized spacial score (nSPS) is 15.9. The molecule has 1 N–H and O–H groups in total. The van der Waals surface area contributed by atoms with Crippen LogP contribution in [0.2, 0.25) is 0 Å². The Morgan fingerprint density at radius 3 is 2.30 bits per heavy atom. The maximum absolute atomic E-state index is 13.2. The Kier molecular flexibility index (Phi) is 6.22. The van der Waals surface area contributed by atoms with Crippen LogP contribution in [0.3, 0.4) is 0 Å². The van der Waals surface area contributed by atoms with Gasteiger partial charge in [-0.2, -0.15) is 0 Å². The molecule has 1 aliphatic rings. The molecule has 0 saturated carbocycles. The second-order valence-corrected chi connectivity index (χ2v) is 8.12. The summed E-state index contributed by atoms with van der Waals surface area (Å²) in [6.07, 6.45) is 1.37. The van der Waals surface area contributed by atoms with Crippen molar-refractivity contribution in [3.63, 3.8) is 0 Å². The standard InChI is InChI=1S/C26H25NO6/c1-16(2)15-33-20-12-8-18(9-13-20)27-23(17-6-10-19(31-3)11-7-17)22(25(29)26(27)30)24(28)21-5-4-14-32-21/h4-14,16,23,29H,15H2,1-3H3. The number of carbonyl (C=O) groups is 2. The number of nitrogens with zero attached hydrogens (tertiary/aromatic N) is 1. The Balaban J connectivity index is 1.75. The molecule has 2 heterocycles.